The number of piperidine rings is 1. The summed E-state index contributed by atoms with van der Waals surface area (Å²) in [4.78, 5) is 18.7. The maximum atomic E-state index is 12.2. The summed E-state index contributed by atoms with van der Waals surface area (Å²) >= 11 is 0. The Kier molecular flexibility index (Phi) is 4.49. The molecular weight excluding hydrogens is 370 g/mol. The molecular formula is C21H25N5O3. The zero-order chi connectivity index (χ0) is 20.0. The largest absolute Gasteiger partial charge is 0.446 e. The lowest BCUT2D eigenvalue weighted by Gasteiger charge is -2.33. The Hall–Kier alpha value is -2.90. The Balaban J connectivity index is 1.26. The number of ether oxygens (including phenoxy) is 1. The molecule has 8 heteroatoms. The fourth-order valence-electron chi connectivity index (χ4n) is 4.12. The second kappa shape index (κ2) is 7.17. The second-order valence-electron chi connectivity index (χ2n) is 8.10. The van der Waals surface area contributed by atoms with Crippen LogP contribution >= 0.6 is 0 Å². The minimum Gasteiger partial charge on any atom is -0.446 e. The minimum atomic E-state index is -0.179. The monoisotopic (exact) mass is 395 g/mol. The molecule has 2 aromatic heterocycles. The van der Waals surface area contributed by atoms with Gasteiger partial charge in [-0.25, -0.2) is 4.79 Å². The lowest BCUT2D eigenvalue weighted by molar-refractivity contribution is 0.0223. The molecule has 1 aliphatic heterocycles. The highest BCUT2D eigenvalue weighted by atomic mass is 16.6. The van der Waals surface area contributed by atoms with Crippen molar-refractivity contribution in [1.29, 1.82) is 0 Å². The van der Waals surface area contributed by atoms with Crippen molar-refractivity contribution in [3.8, 4) is 11.5 Å². The van der Waals surface area contributed by atoms with Crippen molar-refractivity contribution >= 4 is 17.0 Å². The molecule has 2 fully saturated rings. The highest BCUT2D eigenvalue weighted by Gasteiger charge is 2.30. The molecule has 0 N–H and O–H groups in total. The summed E-state index contributed by atoms with van der Waals surface area (Å²) in [6.07, 6.45) is 4.74. The standard InChI is InChI=1S/C21H25N5O3/c1-13-17-7-6-15(12-18(17)25(2)23-13)20-22-19(24-29-20)14-8-10-26(11-9-14)21(27)28-16-4-3-5-16/h6-7,12,14,16H,3-5,8-11H2,1-2H3. The summed E-state index contributed by atoms with van der Waals surface area (Å²) in [5.41, 5.74) is 2.93. The fourth-order valence-corrected chi connectivity index (χ4v) is 4.12. The number of hydrogen-bond acceptors (Lipinski definition) is 6. The number of hydrogen-bond donors (Lipinski definition) is 0. The summed E-state index contributed by atoms with van der Waals surface area (Å²) in [6, 6.07) is 6.07. The van der Waals surface area contributed by atoms with E-state index in [0.29, 0.717) is 24.8 Å². The zero-order valence-corrected chi connectivity index (χ0v) is 16.8. The predicted molar refractivity (Wildman–Crippen MR) is 106 cm³/mol. The fraction of sp³-hybridized carbons (Fsp3) is 0.524. The second-order valence-corrected chi connectivity index (χ2v) is 8.10. The van der Waals surface area contributed by atoms with Crippen LogP contribution in [0.25, 0.3) is 22.4 Å². The first kappa shape index (κ1) is 18.1. The number of aryl methyl sites for hydroxylation is 2. The van der Waals surface area contributed by atoms with Crippen molar-refractivity contribution in [2.75, 3.05) is 13.1 Å². The average Bonchev–Trinajstić information content (AvgIpc) is 3.30. The Morgan fingerprint density at radius 2 is 2.00 bits per heavy atom. The van der Waals surface area contributed by atoms with Gasteiger partial charge in [0.1, 0.15) is 6.10 Å². The highest BCUT2D eigenvalue weighted by Crippen LogP contribution is 2.30. The molecule has 3 aromatic rings. The molecule has 1 saturated heterocycles. The first-order chi connectivity index (χ1) is 14.1. The highest BCUT2D eigenvalue weighted by molar-refractivity contribution is 5.85. The van der Waals surface area contributed by atoms with Crippen molar-refractivity contribution in [2.24, 2.45) is 7.05 Å². The number of amides is 1. The van der Waals surface area contributed by atoms with Gasteiger partial charge in [0.15, 0.2) is 5.82 Å². The van der Waals surface area contributed by atoms with Gasteiger partial charge < -0.3 is 14.2 Å². The van der Waals surface area contributed by atoms with Crippen molar-refractivity contribution in [3.05, 3.63) is 29.7 Å². The zero-order valence-electron chi connectivity index (χ0n) is 16.8. The third-order valence-electron chi connectivity index (χ3n) is 6.16. The summed E-state index contributed by atoms with van der Waals surface area (Å²) in [7, 11) is 1.93. The Bertz CT molecular complexity index is 1040. The van der Waals surface area contributed by atoms with E-state index in [9.17, 15) is 4.79 Å². The van der Waals surface area contributed by atoms with Crippen LogP contribution in [0.15, 0.2) is 22.7 Å². The van der Waals surface area contributed by atoms with Crippen molar-refractivity contribution < 1.29 is 14.1 Å². The normalized spacial score (nSPS) is 18.2. The van der Waals surface area contributed by atoms with E-state index < -0.39 is 0 Å². The van der Waals surface area contributed by atoms with Crippen LogP contribution in [-0.2, 0) is 11.8 Å². The third kappa shape index (κ3) is 3.36. The maximum absolute atomic E-state index is 12.2. The van der Waals surface area contributed by atoms with Gasteiger partial charge in [0.05, 0.1) is 11.2 Å². The molecule has 1 saturated carbocycles. The van der Waals surface area contributed by atoms with Gasteiger partial charge in [0, 0.05) is 37.0 Å². The van der Waals surface area contributed by atoms with E-state index in [1.165, 1.54) is 0 Å². The van der Waals surface area contributed by atoms with Crippen LogP contribution in [0.1, 0.15) is 49.5 Å². The summed E-state index contributed by atoms with van der Waals surface area (Å²) in [5, 5.41) is 9.80. The van der Waals surface area contributed by atoms with Gasteiger partial charge in [0.2, 0.25) is 0 Å². The predicted octanol–water partition coefficient (Wildman–Crippen LogP) is 3.80. The summed E-state index contributed by atoms with van der Waals surface area (Å²) in [6.45, 7) is 3.34. The van der Waals surface area contributed by atoms with Crippen LogP contribution in [0.4, 0.5) is 4.79 Å². The lowest BCUT2D eigenvalue weighted by atomic mass is 9.96. The number of aromatic nitrogens is 4. The van der Waals surface area contributed by atoms with E-state index in [-0.39, 0.29) is 18.1 Å². The number of carbonyl (C=O) groups excluding carboxylic acids is 1. The molecule has 0 bridgehead atoms. The van der Waals surface area contributed by atoms with Crippen LogP contribution in [0.2, 0.25) is 0 Å². The molecule has 3 heterocycles. The lowest BCUT2D eigenvalue weighted by Crippen LogP contribution is -2.41. The SMILES string of the molecule is Cc1nn(C)c2cc(-c3nc(C4CCN(C(=O)OC5CCC5)CC4)no3)ccc12. The number of fused-ring (bicyclic) bond motifs is 1. The topological polar surface area (TPSA) is 86.3 Å². The number of benzene rings is 1. The van der Waals surface area contributed by atoms with Gasteiger partial charge in [-0.2, -0.15) is 10.1 Å². The van der Waals surface area contributed by atoms with Gasteiger partial charge in [0.25, 0.3) is 5.89 Å². The van der Waals surface area contributed by atoms with Crippen molar-refractivity contribution in [3.63, 3.8) is 0 Å². The molecule has 1 aliphatic carbocycles. The van der Waals surface area contributed by atoms with E-state index in [4.69, 9.17) is 9.26 Å². The van der Waals surface area contributed by atoms with E-state index in [1.54, 1.807) is 4.90 Å². The maximum Gasteiger partial charge on any atom is 0.410 e. The van der Waals surface area contributed by atoms with Gasteiger partial charge in [-0.15, -0.1) is 0 Å². The first-order valence-electron chi connectivity index (χ1n) is 10.3. The van der Waals surface area contributed by atoms with Crippen molar-refractivity contribution in [1.82, 2.24) is 24.8 Å². The molecule has 0 spiro atoms. The first-order valence-corrected chi connectivity index (χ1v) is 10.3. The van der Waals surface area contributed by atoms with Crippen molar-refractivity contribution in [2.45, 2.75) is 51.0 Å². The third-order valence-corrected chi connectivity index (χ3v) is 6.16. The van der Waals surface area contributed by atoms with E-state index in [1.807, 2.05) is 36.9 Å². The minimum absolute atomic E-state index is 0.126. The number of rotatable bonds is 3. The van der Waals surface area contributed by atoms with Crippen LogP contribution in [-0.4, -0.2) is 50.1 Å². The Labute approximate surface area is 168 Å². The molecule has 0 radical (unpaired) electrons. The number of nitrogens with zero attached hydrogens (tertiary/aromatic N) is 5. The van der Waals surface area contributed by atoms with Crippen LogP contribution in [0.3, 0.4) is 0 Å². The molecule has 2 aliphatic rings. The van der Waals surface area contributed by atoms with Gasteiger partial charge in [-0.3, -0.25) is 4.68 Å². The van der Waals surface area contributed by atoms with Gasteiger partial charge in [-0.1, -0.05) is 11.2 Å². The summed E-state index contributed by atoms with van der Waals surface area (Å²) < 4.78 is 12.9. The molecule has 1 amide bonds. The van der Waals surface area contributed by atoms with E-state index in [0.717, 1.165) is 54.3 Å². The molecule has 0 atom stereocenters. The van der Waals surface area contributed by atoms with Crippen LogP contribution in [0.5, 0.6) is 0 Å². The number of carbonyl (C=O) groups is 1. The molecule has 8 nitrogen and oxygen atoms in total. The Morgan fingerprint density at radius 3 is 2.72 bits per heavy atom. The number of likely N-dealkylation sites (tertiary alicyclic amines) is 1. The molecule has 1 aromatic carbocycles. The average molecular weight is 395 g/mol. The van der Waals surface area contributed by atoms with Gasteiger partial charge >= 0.3 is 6.09 Å². The Morgan fingerprint density at radius 1 is 1.21 bits per heavy atom. The van der Waals surface area contributed by atoms with Crippen LogP contribution < -0.4 is 0 Å². The molecule has 5 rings (SSSR count). The van der Waals surface area contributed by atoms with E-state index in [2.05, 4.69) is 15.2 Å². The quantitative estimate of drug-likeness (QED) is 0.670. The molecule has 152 valence electrons. The smallest absolute Gasteiger partial charge is 0.410 e. The molecule has 0 unspecified atom stereocenters. The summed E-state index contributed by atoms with van der Waals surface area (Å²) in [5.74, 6) is 1.43. The van der Waals surface area contributed by atoms with Crippen LogP contribution in [0, 0.1) is 6.92 Å². The molecule has 29 heavy (non-hydrogen) atoms. The van der Waals surface area contributed by atoms with E-state index >= 15 is 0 Å². The van der Waals surface area contributed by atoms with Gasteiger partial charge in [-0.05, 0) is 51.2 Å².